The van der Waals surface area contributed by atoms with Gasteiger partial charge in [-0.3, -0.25) is 9.62 Å². The van der Waals surface area contributed by atoms with Crippen LogP contribution in [-0.4, -0.2) is 54.8 Å². The molecule has 0 saturated carbocycles. The first-order chi connectivity index (χ1) is 9.54. The van der Waals surface area contributed by atoms with Gasteiger partial charge in [-0.15, -0.1) is 0 Å². The first-order valence-corrected chi connectivity index (χ1v) is 8.44. The van der Waals surface area contributed by atoms with Crippen molar-refractivity contribution in [2.45, 2.75) is 25.8 Å². The van der Waals surface area contributed by atoms with Gasteiger partial charge < -0.3 is 0 Å². The number of hydrogen-bond acceptors (Lipinski definition) is 4. The lowest BCUT2D eigenvalue weighted by Crippen LogP contribution is -2.53. The average molecular weight is 296 g/mol. The zero-order chi connectivity index (χ0) is 14.2. The number of pyridine rings is 1. The average Bonchev–Trinajstić information content (AvgIpc) is 2.85. The van der Waals surface area contributed by atoms with Crippen molar-refractivity contribution in [1.82, 2.24) is 14.2 Å². The van der Waals surface area contributed by atoms with Crippen LogP contribution in [0.2, 0.25) is 0 Å². The van der Waals surface area contributed by atoms with Gasteiger partial charge in [0.2, 0.25) is 0 Å². The number of aryl methyl sites for hydroxylation is 1. The Bertz CT molecular complexity index is 590. The zero-order valence-corrected chi connectivity index (χ0v) is 12.4. The maximum Gasteiger partial charge on any atom is 0.302 e. The smallest absolute Gasteiger partial charge is 0.298 e. The Morgan fingerprint density at radius 2 is 2.15 bits per heavy atom. The molecule has 3 rings (SSSR count). The second-order valence-electron chi connectivity index (χ2n) is 5.46. The number of anilines is 1. The summed E-state index contributed by atoms with van der Waals surface area (Å²) in [5.74, 6) is 0.388. The molecule has 2 fully saturated rings. The summed E-state index contributed by atoms with van der Waals surface area (Å²) in [5, 5.41) is 0. The number of nitrogens with zero attached hydrogens (tertiary/aromatic N) is 3. The minimum atomic E-state index is -3.50. The van der Waals surface area contributed by atoms with E-state index in [0.29, 0.717) is 24.9 Å². The van der Waals surface area contributed by atoms with Gasteiger partial charge in [-0.2, -0.15) is 12.7 Å². The van der Waals surface area contributed by atoms with Crippen LogP contribution in [0.3, 0.4) is 0 Å². The van der Waals surface area contributed by atoms with Gasteiger partial charge in [-0.25, -0.2) is 4.98 Å². The van der Waals surface area contributed by atoms with Crippen molar-refractivity contribution in [3.05, 3.63) is 23.9 Å². The van der Waals surface area contributed by atoms with Crippen molar-refractivity contribution in [3.63, 3.8) is 0 Å². The fraction of sp³-hybridized carbons (Fsp3) is 0.615. The molecule has 2 saturated heterocycles. The minimum absolute atomic E-state index is 0.380. The number of nitrogens with one attached hydrogen (secondary N) is 1. The second kappa shape index (κ2) is 5.31. The fourth-order valence-electron chi connectivity index (χ4n) is 2.98. The SMILES string of the molecule is Cc1cccc(NS(=O)(=O)N2CCN3CCC[C@H]3C2)n1. The van der Waals surface area contributed by atoms with E-state index in [1.54, 1.807) is 16.4 Å². The molecule has 0 aromatic carbocycles. The fourth-order valence-corrected chi connectivity index (χ4v) is 4.17. The van der Waals surface area contributed by atoms with Crippen molar-refractivity contribution in [2.75, 3.05) is 30.9 Å². The molecule has 0 aliphatic carbocycles. The van der Waals surface area contributed by atoms with Crippen LogP contribution >= 0.6 is 0 Å². The highest BCUT2D eigenvalue weighted by molar-refractivity contribution is 7.90. The van der Waals surface area contributed by atoms with Gasteiger partial charge in [0.25, 0.3) is 0 Å². The van der Waals surface area contributed by atoms with E-state index in [9.17, 15) is 8.42 Å². The standard InChI is InChI=1S/C13H20N4O2S/c1-11-4-2-6-13(14-11)15-20(18,19)17-9-8-16-7-3-5-12(16)10-17/h2,4,6,12H,3,5,7-10H2,1H3,(H,14,15)/t12-/m0/s1. The number of piperazine rings is 1. The van der Waals surface area contributed by atoms with Crippen LogP contribution in [0.5, 0.6) is 0 Å². The lowest BCUT2D eigenvalue weighted by molar-refractivity contribution is 0.159. The third kappa shape index (κ3) is 2.79. The molecule has 1 aromatic heterocycles. The summed E-state index contributed by atoms with van der Waals surface area (Å²) >= 11 is 0. The molecular formula is C13H20N4O2S. The quantitative estimate of drug-likeness (QED) is 0.897. The molecule has 0 amide bonds. The van der Waals surface area contributed by atoms with E-state index < -0.39 is 10.2 Å². The molecule has 7 heteroatoms. The Hall–Kier alpha value is -1.18. The Kier molecular flexibility index (Phi) is 3.66. The molecule has 20 heavy (non-hydrogen) atoms. The summed E-state index contributed by atoms with van der Waals surface area (Å²) in [4.78, 5) is 6.58. The Labute approximate surface area is 120 Å². The van der Waals surface area contributed by atoms with Crippen LogP contribution in [0, 0.1) is 6.92 Å². The molecule has 0 radical (unpaired) electrons. The topological polar surface area (TPSA) is 65.5 Å². The molecule has 2 aliphatic rings. The first kappa shape index (κ1) is 13.8. The van der Waals surface area contributed by atoms with E-state index in [1.807, 2.05) is 13.0 Å². The van der Waals surface area contributed by atoms with Gasteiger partial charge in [-0.05, 0) is 38.4 Å². The second-order valence-corrected chi connectivity index (χ2v) is 7.13. The summed E-state index contributed by atoms with van der Waals surface area (Å²) < 4.78 is 28.9. The van der Waals surface area contributed by atoms with E-state index in [-0.39, 0.29) is 0 Å². The summed E-state index contributed by atoms with van der Waals surface area (Å²) in [5.41, 5.74) is 0.797. The molecule has 0 bridgehead atoms. The molecule has 1 aromatic rings. The Balaban J connectivity index is 1.72. The van der Waals surface area contributed by atoms with E-state index in [0.717, 1.165) is 25.2 Å². The van der Waals surface area contributed by atoms with Gasteiger partial charge in [0.15, 0.2) is 0 Å². The maximum atomic E-state index is 12.4. The molecule has 1 N–H and O–H groups in total. The predicted molar refractivity (Wildman–Crippen MR) is 77.7 cm³/mol. The van der Waals surface area contributed by atoms with Crippen molar-refractivity contribution in [3.8, 4) is 0 Å². The number of aromatic nitrogens is 1. The van der Waals surface area contributed by atoms with E-state index in [2.05, 4.69) is 14.6 Å². The van der Waals surface area contributed by atoms with Crippen LogP contribution in [-0.2, 0) is 10.2 Å². The highest BCUT2D eigenvalue weighted by Crippen LogP contribution is 2.23. The minimum Gasteiger partial charge on any atom is -0.298 e. The van der Waals surface area contributed by atoms with Crippen LogP contribution < -0.4 is 4.72 Å². The van der Waals surface area contributed by atoms with Gasteiger partial charge in [0, 0.05) is 31.4 Å². The van der Waals surface area contributed by atoms with Gasteiger partial charge >= 0.3 is 10.2 Å². The molecule has 1 atom stereocenters. The van der Waals surface area contributed by atoms with Crippen LogP contribution in [0.25, 0.3) is 0 Å². The van der Waals surface area contributed by atoms with Crippen LogP contribution in [0.1, 0.15) is 18.5 Å². The molecule has 2 aliphatic heterocycles. The summed E-state index contributed by atoms with van der Waals surface area (Å²) in [7, 11) is -3.50. The van der Waals surface area contributed by atoms with Crippen molar-refractivity contribution in [1.29, 1.82) is 0 Å². The third-order valence-electron chi connectivity index (χ3n) is 4.01. The summed E-state index contributed by atoms with van der Waals surface area (Å²) in [6.07, 6.45) is 2.26. The molecule has 0 spiro atoms. The van der Waals surface area contributed by atoms with Crippen molar-refractivity contribution in [2.24, 2.45) is 0 Å². The van der Waals surface area contributed by atoms with Gasteiger partial charge in [-0.1, -0.05) is 6.07 Å². The van der Waals surface area contributed by atoms with Crippen molar-refractivity contribution < 1.29 is 8.42 Å². The number of fused-ring (bicyclic) bond motifs is 1. The predicted octanol–water partition coefficient (Wildman–Crippen LogP) is 0.827. The zero-order valence-electron chi connectivity index (χ0n) is 11.6. The molecular weight excluding hydrogens is 276 g/mol. The highest BCUT2D eigenvalue weighted by Gasteiger charge is 2.35. The van der Waals surface area contributed by atoms with Gasteiger partial charge in [0.05, 0.1) is 0 Å². The summed E-state index contributed by atoms with van der Waals surface area (Å²) in [6, 6.07) is 5.70. The van der Waals surface area contributed by atoms with E-state index in [1.165, 1.54) is 6.42 Å². The summed E-state index contributed by atoms with van der Waals surface area (Å²) in [6.45, 7) is 4.91. The largest absolute Gasteiger partial charge is 0.302 e. The number of hydrogen-bond donors (Lipinski definition) is 1. The molecule has 6 nitrogen and oxygen atoms in total. The van der Waals surface area contributed by atoms with Crippen LogP contribution in [0.15, 0.2) is 18.2 Å². The Morgan fingerprint density at radius 3 is 2.95 bits per heavy atom. The highest BCUT2D eigenvalue weighted by atomic mass is 32.2. The van der Waals surface area contributed by atoms with E-state index >= 15 is 0 Å². The molecule has 3 heterocycles. The maximum absolute atomic E-state index is 12.4. The van der Waals surface area contributed by atoms with Crippen LogP contribution in [0.4, 0.5) is 5.82 Å². The lowest BCUT2D eigenvalue weighted by atomic mass is 10.2. The number of rotatable bonds is 3. The molecule has 0 unspecified atom stereocenters. The third-order valence-corrected chi connectivity index (χ3v) is 5.49. The lowest BCUT2D eigenvalue weighted by Gasteiger charge is -2.36. The normalized spacial score (nSPS) is 24.6. The first-order valence-electron chi connectivity index (χ1n) is 7.00. The Morgan fingerprint density at radius 1 is 1.30 bits per heavy atom. The molecule has 110 valence electrons. The van der Waals surface area contributed by atoms with Gasteiger partial charge in [0.1, 0.15) is 5.82 Å². The van der Waals surface area contributed by atoms with E-state index in [4.69, 9.17) is 0 Å². The van der Waals surface area contributed by atoms with Crippen molar-refractivity contribution >= 4 is 16.0 Å². The monoisotopic (exact) mass is 296 g/mol.